The van der Waals surface area contributed by atoms with E-state index in [1.54, 1.807) is 4.90 Å². The Morgan fingerprint density at radius 2 is 1.91 bits per heavy atom. The van der Waals surface area contributed by atoms with E-state index in [-0.39, 0.29) is 29.5 Å². The zero-order chi connectivity index (χ0) is 30.5. The minimum absolute atomic E-state index is 0.0169. The molecule has 44 heavy (non-hydrogen) atoms. The molecule has 0 aliphatic carbocycles. The number of hydrogen-bond acceptors (Lipinski definition) is 7. The number of piperidine rings is 1. The number of halogens is 1. The maximum absolute atomic E-state index is 14.1. The number of amides is 1. The number of rotatable bonds is 6. The highest BCUT2D eigenvalue weighted by Gasteiger charge is 2.35. The van der Waals surface area contributed by atoms with Gasteiger partial charge in [0.15, 0.2) is 0 Å². The van der Waals surface area contributed by atoms with Crippen LogP contribution in [0, 0.1) is 18.7 Å². The molecule has 10 heteroatoms. The van der Waals surface area contributed by atoms with Crippen molar-refractivity contribution in [2.75, 3.05) is 56.6 Å². The topological polar surface area (TPSA) is 70.9 Å². The third-order valence-corrected chi connectivity index (χ3v) is 11.3. The number of hydrogen-bond donors (Lipinski definition) is 0. The SMILES string of the molecule is C=CC(=O)N1CCN(c2nc(=O)n3c4c(c(-c5ccc(F)cc5)c(C)cc24)SC[C@@H]3CC2CCN(C3COC3)CC2)[C@@H](C)C1. The van der Waals surface area contributed by atoms with Crippen molar-refractivity contribution in [2.24, 2.45) is 5.92 Å². The van der Waals surface area contributed by atoms with Gasteiger partial charge in [-0.1, -0.05) is 18.7 Å². The number of ether oxygens (including phenoxy) is 1. The smallest absolute Gasteiger partial charge is 0.350 e. The molecule has 1 aromatic heterocycles. The second kappa shape index (κ2) is 11.9. The lowest BCUT2D eigenvalue weighted by atomic mass is 9.89. The summed E-state index contributed by atoms with van der Waals surface area (Å²) in [6.45, 7) is 13.4. The lowest BCUT2D eigenvalue weighted by Gasteiger charge is -2.42. The molecule has 0 bridgehead atoms. The summed E-state index contributed by atoms with van der Waals surface area (Å²) in [6.07, 6.45) is 4.58. The fourth-order valence-corrected chi connectivity index (χ4v) is 8.97. The van der Waals surface area contributed by atoms with Crippen LogP contribution in [0.3, 0.4) is 0 Å². The van der Waals surface area contributed by atoms with Crippen LogP contribution in [0.25, 0.3) is 22.0 Å². The van der Waals surface area contributed by atoms with E-state index in [2.05, 4.69) is 36.3 Å². The quantitative estimate of drug-likeness (QED) is 0.365. The fourth-order valence-electron chi connectivity index (χ4n) is 7.56. The molecule has 0 N–H and O–H groups in total. The van der Waals surface area contributed by atoms with Gasteiger partial charge in [-0.3, -0.25) is 14.3 Å². The molecule has 2 atom stereocenters. The highest BCUT2D eigenvalue weighted by atomic mass is 32.2. The molecular formula is C34H40FN5O3S. The maximum atomic E-state index is 14.1. The average molecular weight is 618 g/mol. The van der Waals surface area contributed by atoms with E-state index in [1.165, 1.54) is 18.2 Å². The van der Waals surface area contributed by atoms with E-state index < -0.39 is 0 Å². The van der Waals surface area contributed by atoms with Gasteiger partial charge in [0.2, 0.25) is 5.91 Å². The van der Waals surface area contributed by atoms with Crippen LogP contribution in [0.4, 0.5) is 10.2 Å². The molecule has 0 spiro atoms. The summed E-state index contributed by atoms with van der Waals surface area (Å²) in [5, 5.41) is 0.968. The molecule has 2 aromatic carbocycles. The molecule has 0 radical (unpaired) electrons. The van der Waals surface area contributed by atoms with Crippen molar-refractivity contribution in [1.29, 1.82) is 0 Å². The number of aromatic nitrogens is 2. The van der Waals surface area contributed by atoms with Gasteiger partial charge in [0.1, 0.15) is 11.6 Å². The summed E-state index contributed by atoms with van der Waals surface area (Å²) in [7, 11) is 0. The van der Waals surface area contributed by atoms with Crippen LogP contribution in [0.2, 0.25) is 0 Å². The van der Waals surface area contributed by atoms with Gasteiger partial charge in [0.05, 0.1) is 24.8 Å². The standard InChI is InChI=1S/C34H40FN5O3S/c1-4-29(41)38-13-14-39(22(3)17-38)33-28-15-21(2)30(24-5-7-25(35)8-6-24)32-31(28)40(34(42)36-33)26(20-44-32)16-23-9-11-37(12-10-23)27-18-43-19-27/h4-8,15,22-23,26-27H,1,9-14,16-20H2,2-3H3/t22-,26-/m0/s1. The van der Waals surface area contributed by atoms with Crippen LogP contribution in [-0.4, -0.2) is 89.0 Å². The highest BCUT2D eigenvalue weighted by Crippen LogP contribution is 2.47. The number of carbonyl (C=O) groups is 1. The number of thioether (sulfide) groups is 1. The second-order valence-corrected chi connectivity index (χ2v) is 13.8. The fraction of sp³-hybridized carbons (Fsp3) is 0.500. The maximum Gasteiger partial charge on any atom is 0.350 e. The van der Waals surface area contributed by atoms with Crippen molar-refractivity contribution in [3.8, 4) is 11.1 Å². The lowest BCUT2D eigenvalue weighted by Crippen LogP contribution is -2.54. The molecule has 0 unspecified atom stereocenters. The van der Waals surface area contributed by atoms with Crippen molar-refractivity contribution in [1.82, 2.24) is 19.4 Å². The van der Waals surface area contributed by atoms with Gasteiger partial charge < -0.3 is 14.5 Å². The van der Waals surface area contributed by atoms with E-state index in [9.17, 15) is 14.0 Å². The summed E-state index contributed by atoms with van der Waals surface area (Å²) in [5.41, 5.74) is 3.79. The van der Waals surface area contributed by atoms with Crippen molar-refractivity contribution >= 4 is 34.4 Å². The van der Waals surface area contributed by atoms with Crippen LogP contribution in [0.5, 0.6) is 0 Å². The summed E-state index contributed by atoms with van der Waals surface area (Å²) in [6, 6.07) is 9.42. The molecular weight excluding hydrogens is 577 g/mol. The first-order valence-corrected chi connectivity index (χ1v) is 16.8. The Balaban J connectivity index is 1.29. The van der Waals surface area contributed by atoms with E-state index in [0.717, 1.165) is 83.8 Å². The van der Waals surface area contributed by atoms with E-state index in [1.807, 2.05) is 28.5 Å². The first-order chi connectivity index (χ1) is 21.3. The van der Waals surface area contributed by atoms with Gasteiger partial charge in [0, 0.05) is 53.3 Å². The second-order valence-electron chi connectivity index (χ2n) is 12.8. The Hall–Kier alpha value is -3.21. The molecule has 3 aromatic rings. The van der Waals surface area contributed by atoms with E-state index in [4.69, 9.17) is 9.72 Å². The first-order valence-electron chi connectivity index (χ1n) is 15.8. The minimum atomic E-state index is -0.268. The Labute approximate surface area is 261 Å². The number of likely N-dealkylation sites (tertiary alicyclic amines) is 1. The van der Waals surface area contributed by atoms with Crippen molar-refractivity contribution < 1.29 is 13.9 Å². The Kier molecular flexibility index (Phi) is 8.01. The van der Waals surface area contributed by atoms with E-state index >= 15 is 0 Å². The van der Waals surface area contributed by atoms with Crippen LogP contribution in [-0.2, 0) is 9.53 Å². The van der Waals surface area contributed by atoms with Gasteiger partial charge in [-0.2, -0.15) is 4.98 Å². The third-order valence-electron chi connectivity index (χ3n) is 10.0. The molecule has 4 aliphatic heterocycles. The predicted octanol–water partition coefficient (Wildman–Crippen LogP) is 4.88. The minimum Gasteiger partial charge on any atom is -0.378 e. The monoisotopic (exact) mass is 617 g/mol. The van der Waals surface area contributed by atoms with Crippen molar-refractivity contribution in [3.05, 3.63) is 64.9 Å². The molecule has 5 heterocycles. The zero-order valence-corrected chi connectivity index (χ0v) is 26.3. The number of anilines is 1. The van der Waals surface area contributed by atoms with Gasteiger partial charge in [-0.15, -0.1) is 11.8 Å². The molecule has 3 saturated heterocycles. The van der Waals surface area contributed by atoms with Crippen LogP contribution in [0.1, 0.15) is 37.8 Å². The Morgan fingerprint density at radius 3 is 2.57 bits per heavy atom. The number of carbonyl (C=O) groups excluding carboxylic acids is 1. The first kappa shape index (κ1) is 29.5. The van der Waals surface area contributed by atoms with Gasteiger partial charge in [-0.05, 0) is 87.5 Å². The summed E-state index contributed by atoms with van der Waals surface area (Å²) >= 11 is 1.82. The van der Waals surface area contributed by atoms with Crippen LogP contribution >= 0.6 is 11.8 Å². The molecule has 7 rings (SSSR count). The van der Waals surface area contributed by atoms with Crippen LogP contribution < -0.4 is 10.6 Å². The number of benzene rings is 2. The molecule has 8 nitrogen and oxygen atoms in total. The third kappa shape index (κ3) is 5.24. The molecule has 3 fully saturated rings. The molecule has 0 saturated carbocycles. The molecule has 4 aliphatic rings. The summed E-state index contributed by atoms with van der Waals surface area (Å²) < 4.78 is 21.3. The zero-order valence-electron chi connectivity index (χ0n) is 25.5. The summed E-state index contributed by atoms with van der Waals surface area (Å²) in [5.74, 6) is 1.70. The molecule has 232 valence electrons. The van der Waals surface area contributed by atoms with Crippen molar-refractivity contribution in [3.63, 3.8) is 0 Å². The number of piperazine rings is 1. The van der Waals surface area contributed by atoms with Gasteiger partial charge >= 0.3 is 5.69 Å². The Bertz CT molecular complexity index is 1650. The predicted molar refractivity (Wildman–Crippen MR) is 173 cm³/mol. The van der Waals surface area contributed by atoms with Crippen LogP contribution in [0.15, 0.2) is 52.7 Å². The largest absolute Gasteiger partial charge is 0.378 e. The Morgan fingerprint density at radius 1 is 1.16 bits per heavy atom. The normalized spacial score (nSPS) is 23.2. The number of aryl methyl sites for hydroxylation is 1. The van der Waals surface area contributed by atoms with E-state index in [0.29, 0.717) is 37.4 Å². The average Bonchev–Trinajstić information content (AvgIpc) is 2.99. The van der Waals surface area contributed by atoms with Gasteiger partial charge in [0.25, 0.3) is 0 Å². The van der Waals surface area contributed by atoms with Gasteiger partial charge in [-0.25, -0.2) is 9.18 Å². The highest BCUT2D eigenvalue weighted by molar-refractivity contribution is 7.99. The van der Waals surface area contributed by atoms with Crippen molar-refractivity contribution in [2.45, 2.75) is 56.1 Å². The number of nitrogens with zero attached hydrogens (tertiary/aromatic N) is 5. The lowest BCUT2D eigenvalue weighted by molar-refractivity contribution is -0.126. The molecule has 1 amide bonds. The summed E-state index contributed by atoms with van der Waals surface area (Å²) in [4.78, 5) is 38.9.